The van der Waals surface area contributed by atoms with Crippen LogP contribution in [0.3, 0.4) is 0 Å². The summed E-state index contributed by atoms with van der Waals surface area (Å²) in [4.78, 5) is 12.6. The summed E-state index contributed by atoms with van der Waals surface area (Å²) in [7, 11) is -3.33. The van der Waals surface area contributed by atoms with Crippen molar-refractivity contribution in [3.05, 3.63) is 63.1 Å². The largest absolute Gasteiger partial charge is 0.346 e. The molecule has 0 saturated carbocycles. The van der Waals surface area contributed by atoms with Crippen LogP contribution in [0.2, 0.25) is 10.0 Å². The zero-order valence-electron chi connectivity index (χ0n) is 15.0. The molecule has 1 atom stereocenters. The van der Waals surface area contributed by atoms with E-state index in [0.29, 0.717) is 27.8 Å². The fourth-order valence-corrected chi connectivity index (χ4v) is 4.50. The number of nitrogens with one attached hydrogen (secondary N) is 1. The van der Waals surface area contributed by atoms with Crippen LogP contribution in [0.5, 0.6) is 0 Å². The van der Waals surface area contributed by atoms with Crippen LogP contribution in [0.25, 0.3) is 0 Å². The lowest BCUT2D eigenvalue weighted by atomic mass is 10.00. The van der Waals surface area contributed by atoms with Gasteiger partial charge >= 0.3 is 0 Å². The van der Waals surface area contributed by atoms with Crippen molar-refractivity contribution in [2.45, 2.75) is 25.8 Å². The summed E-state index contributed by atoms with van der Waals surface area (Å²) in [6.07, 6.45) is 2.66. The van der Waals surface area contributed by atoms with Crippen molar-refractivity contribution in [1.29, 1.82) is 0 Å². The van der Waals surface area contributed by atoms with Crippen LogP contribution in [0.4, 0.5) is 5.69 Å². The lowest BCUT2D eigenvalue weighted by molar-refractivity contribution is 0.0940. The Kier molecular flexibility index (Phi) is 5.70. The number of anilines is 1. The van der Waals surface area contributed by atoms with Gasteiger partial charge in [-0.2, -0.15) is 0 Å². The number of sulfonamides is 1. The number of carbonyl (C=O) groups is 1. The van der Waals surface area contributed by atoms with E-state index in [1.54, 1.807) is 30.3 Å². The molecule has 0 spiro atoms. The van der Waals surface area contributed by atoms with Crippen LogP contribution in [0.1, 0.15) is 40.9 Å². The minimum atomic E-state index is -3.33. The maximum atomic E-state index is 12.6. The lowest BCUT2D eigenvalue weighted by Gasteiger charge is -2.29. The number of fused-ring (bicyclic) bond motifs is 1. The standard InChI is InChI=1S/C19H20Cl2N2O3S/c1-12(13-5-7-16(20)17(21)11-13)22-19(24)15-6-8-18-14(10-15)4-3-9-23(18)27(2,25)26/h5-8,10-12H,3-4,9H2,1-2H3,(H,22,24)/t12-/m1/s1. The molecule has 2 aromatic rings. The van der Waals surface area contributed by atoms with Gasteiger partial charge in [0, 0.05) is 12.1 Å². The van der Waals surface area contributed by atoms with Crippen LogP contribution in [0, 0.1) is 0 Å². The highest BCUT2D eigenvalue weighted by molar-refractivity contribution is 7.92. The summed E-state index contributed by atoms with van der Waals surface area (Å²) in [5.74, 6) is -0.229. The Balaban J connectivity index is 1.80. The van der Waals surface area contributed by atoms with E-state index < -0.39 is 10.0 Å². The minimum absolute atomic E-state index is 0.229. The van der Waals surface area contributed by atoms with E-state index in [-0.39, 0.29) is 11.9 Å². The van der Waals surface area contributed by atoms with Crippen molar-refractivity contribution in [3.63, 3.8) is 0 Å². The first-order chi connectivity index (χ1) is 12.7. The molecular formula is C19H20Cl2N2O3S. The Bertz CT molecular complexity index is 992. The van der Waals surface area contributed by atoms with E-state index in [2.05, 4.69) is 5.32 Å². The van der Waals surface area contributed by atoms with Gasteiger partial charge in [0.2, 0.25) is 10.0 Å². The predicted octanol–water partition coefficient (Wildman–Crippen LogP) is 4.20. The minimum Gasteiger partial charge on any atom is -0.346 e. The van der Waals surface area contributed by atoms with Gasteiger partial charge in [0.1, 0.15) is 0 Å². The summed E-state index contributed by atoms with van der Waals surface area (Å²) in [6.45, 7) is 2.33. The molecule has 1 N–H and O–H groups in total. The van der Waals surface area contributed by atoms with E-state index in [0.717, 1.165) is 24.0 Å². The fourth-order valence-electron chi connectivity index (χ4n) is 3.19. The van der Waals surface area contributed by atoms with E-state index in [1.165, 1.54) is 10.6 Å². The quantitative estimate of drug-likeness (QED) is 0.796. The molecular weight excluding hydrogens is 407 g/mol. The Morgan fingerprint density at radius 3 is 2.56 bits per heavy atom. The van der Waals surface area contributed by atoms with Crippen molar-refractivity contribution in [2.75, 3.05) is 17.1 Å². The van der Waals surface area contributed by atoms with Crippen LogP contribution in [-0.4, -0.2) is 27.1 Å². The molecule has 0 saturated heterocycles. The summed E-state index contributed by atoms with van der Waals surface area (Å²) in [6, 6.07) is 10.1. The number of rotatable bonds is 4. The molecule has 0 fully saturated rings. The third-order valence-corrected chi connectivity index (χ3v) is 6.53. The smallest absolute Gasteiger partial charge is 0.251 e. The second kappa shape index (κ2) is 7.70. The van der Waals surface area contributed by atoms with Gasteiger partial charge in [-0.05, 0) is 61.2 Å². The molecule has 8 heteroatoms. The molecule has 1 aliphatic heterocycles. The summed E-state index contributed by atoms with van der Waals surface area (Å²) in [5.41, 5.74) is 2.86. The summed E-state index contributed by atoms with van der Waals surface area (Å²) >= 11 is 12.0. The monoisotopic (exact) mass is 426 g/mol. The average molecular weight is 427 g/mol. The van der Waals surface area contributed by atoms with Gasteiger partial charge in [-0.3, -0.25) is 9.10 Å². The third-order valence-electron chi connectivity index (χ3n) is 4.61. The molecule has 1 aliphatic rings. The van der Waals surface area contributed by atoms with E-state index in [1.807, 2.05) is 13.0 Å². The van der Waals surface area contributed by atoms with Crippen LogP contribution < -0.4 is 9.62 Å². The highest BCUT2D eigenvalue weighted by atomic mass is 35.5. The van der Waals surface area contributed by atoms with Crippen LogP contribution in [0.15, 0.2) is 36.4 Å². The van der Waals surface area contributed by atoms with Crippen LogP contribution >= 0.6 is 23.2 Å². The maximum absolute atomic E-state index is 12.6. The second-order valence-corrected chi connectivity index (χ2v) is 9.37. The molecule has 3 rings (SSSR count). The van der Waals surface area contributed by atoms with Crippen molar-refractivity contribution in [2.24, 2.45) is 0 Å². The van der Waals surface area contributed by atoms with Gasteiger partial charge in [0.25, 0.3) is 5.91 Å². The first kappa shape index (κ1) is 20.0. The number of carbonyl (C=O) groups excluding carboxylic acids is 1. The first-order valence-electron chi connectivity index (χ1n) is 8.53. The SMILES string of the molecule is C[C@@H](NC(=O)c1ccc2c(c1)CCCN2S(C)(=O)=O)c1ccc(Cl)c(Cl)c1. The zero-order chi connectivity index (χ0) is 19.8. The number of hydrogen-bond acceptors (Lipinski definition) is 3. The van der Waals surface area contributed by atoms with Crippen LogP contribution in [-0.2, 0) is 16.4 Å². The normalized spacial score (nSPS) is 15.2. The van der Waals surface area contributed by atoms with Gasteiger partial charge in [-0.25, -0.2) is 8.42 Å². The van der Waals surface area contributed by atoms with Gasteiger partial charge < -0.3 is 5.32 Å². The first-order valence-corrected chi connectivity index (χ1v) is 11.1. The molecule has 0 aromatic heterocycles. The number of hydrogen-bond donors (Lipinski definition) is 1. The third kappa shape index (κ3) is 4.39. The van der Waals surface area contributed by atoms with Crippen molar-refractivity contribution in [3.8, 4) is 0 Å². The topological polar surface area (TPSA) is 66.5 Å². The zero-order valence-corrected chi connectivity index (χ0v) is 17.3. The van der Waals surface area contributed by atoms with Gasteiger partial charge in [0.05, 0.1) is 28.0 Å². The number of aryl methyl sites for hydroxylation is 1. The number of halogens is 2. The Labute approximate surface area is 169 Å². The fraction of sp³-hybridized carbons (Fsp3) is 0.316. The molecule has 1 heterocycles. The van der Waals surface area contributed by atoms with Crippen molar-refractivity contribution in [1.82, 2.24) is 5.32 Å². The maximum Gasteiger partial charge on any atom is 0.251 e. The number of nitrogens with zero attached hydrogens (tertiary/aromatic N) is 1. The van der Waals surface area contributed by atoms with Crippen molar-refractivity contribution < 1.29 is 13.2 Å². The lowest BCUT2D eigenvalue weighted by Crippen LogP contribution is -2.35. The highest BCUT2D eigenvalue weighted by Crippen LogP contribution is 2.30. The van der Waals surface area contributed by atoms with E-state index in [9.17, 15) is 13.2 Å². The Morgan fingerprint density at radius 1 is 1.15 bits per heavy atom. The van der Waals surface area contributed by atoms with Crippen molar-refractivity contribution >= 4 is 44.8 Å². The van der Waals surface area contributed by atoms with Gasteiger partial charge in [-0.1, -0.05) is 29.3 Å². The molecule has 27 heavy (non-hydrogen) atoms. The molecule has 1 amide bonds. The molecule has 0 bridgehead atoms. The Hall–Kier alpha value is -1.76. The molecule has 0 unspecified atom stereocenters. The molecule has 0 aliphatic carbocycles. The highest BCUT2D eigenvalue weighted by Gasteiger charge is 2.25. The molecule has 5 nitrogen and oxygen atoms in total. The molecule has 144 valence electrons. The second-order valence-electron chi connectivity index (χ2n) is 6.65. The summed E-state index contributed by atoms with van der Waals surface area (Å²) < 4.78 is 25.3. The number of benzene rings is 2. The molecule has 2 aromatic carbocycles. The molecule has 0 radical (unpaired) electrons. The van der Waals surface area contributed by atoms with E-state index in [4.69, 9.17) is 23.2 Å². The average Bonchev–Trinajstić information content (AvgIpc) is 2.62. The van der Waals surface area contributed by atoms with Gasteiger partial charge in [0.15, 0.2) is 0 Å². The van der Waals surface area contributed by atoms with Gasteiger partial charge in [-0.15, -0.1) is 0 Å². The van der Waals surface area contributed by atoms with E-state index >= 15 is 0 Å². The number of amides is 1. The summed E-state index contributed by atoms with van der Waals surface area (Å²) in [5, 5.41) is 3.83. The predicted molar refractivity (Wildman–Crippen MR) is 109 cm³/mol. The Morgan fingerprint density at radius 2 is 1.89 bits per heavy atom.